The number of nitrogens with zero attached hydrogens (tertiary/aromatic N) is 4. The van der Waals surface area contributed by atoms with Crippen LogP contribution in [0.5, 0.6) is 0 Å². The molecule has 8 nitrogen and oxygen atoms in total. The van der Waals surface area contributed by atoms with Gasteiger partial charge in [-0.3, -0.25) is 9.48 Å². The SMILES string of the molecule is Cn1nc([C@@H]2C[C@H]2C(=O)N2CCCC(c3n[nH]c(=O)o3)C2)c2ccccc21. The topological polar surface area (TPSA) is 97.0 Å². The Balaban J connectivity index is 1.32. The lowest BCUT2D eigenvalue weighted by molar-refractivity contribution is -0.134. The molecule has 2 aromatic heterocycles. The van der Waals surface area contributed by atoms with Gasteiger partial charge >= 0.3 is 5.76 Å². The minimum Gasteiger partial charge on any atom is -0.392 e. The Kier molecular flexibility index (Phi) is 3.66. The molecule has 3 heterocycles. The summed E-state index contributed by atoms with van der Waals surface area (Å²) in [5.74, 6) is 0.200. The van der Waals surface area contributed by atoms with Crippen molar-refractivity contribution in [2.24, 2.45) is 13.0 Å². The van der Waals surface area contributed by atoms with E-state index in [9.17, 15) is 9.59 Å². The van der Waals surface area contributed by atoms with Gasteiger partial charge in [-0.1, -0.05) is 18.2 Å². The zero-order valence-corrected chi connectivity index (χ0v) is 15.1. The lowest BCUT2D eigenvalue weighted by Crippen LogP contribution is -2.40. The van der Waals surface area contributed by atoms with Crippen molar-refractivity contribution >= 4 is 16.8 Å². The van der Waals surface area contributed by atoms with Crippen LogP contribution in [0.25, 0.3) is 10.9 Å². The summed E-state index contributed by atoms with van der Waals surface area (Å²) in [4.78, 5) is 26.1. The van der Waals surface area contributed by atoms with Gasteiger partial charge in [-0.25, -0.2) is 9.89 Å². The fraction of sp³-hybridized carbons (Fsp3) is 0.474. The van der Waals surface area contributed by atoms with Gasteiger partial charge < -0.3 is 9.32 Å². The summed E-state index contributed by atoms with van der Waals surface area (Å²) in [6.07, 6.45) is 2.60. The van der Waals surface area contributed by atoms with Crippen LogP contribution in [-0.4, -0.2) is 43.9 Å². The molecule has 1 aliphatic carbocycles. The number of likely N-dealkylation sites (tertiary alicyclic amines) is 1. The normalized spacial score (nSPS) is 25.1. The van der Waals surface area contributed by atoms with Gasteiger partial charge in [-0.05, 0) is 25.3 Å². The summed E-state index contributed by atoms with van der Waals surface area (Å²) in [6, 6.07) is 8.15. The maximum absolute atomic E-state index is 13.0. The van der Waals surface area contributed by atoms with Crippen LogP contribution in [-0.2, 0) is 11.8 Å². The number of carbonyl (C=O) groups excluding carboxylic acids is 1. The van der Waals surface area contributed by atoms with Crippen LogP contribution in [0.3, 0.4) is 0 Å². The van der Waals surface area contributed by atoms with Crippen molar-refractivity contribution in [1.82, 2.24) is 24.9 Å². The first-order valence-corrected chi connectivity index (χ1v) is 9.37. The van der Waals surface area contributed by atoms with Crippen LogP contribution in [0.1, 0.15) is 42.7 Å². The molecule has 1 N–H and O–H groups in total. The number of aryl methyl sites for hydroxylation is 1. The smallest absolute Gasteiger partial charge is 0.392 e. The Labute approximate surface area is 155 Å². The third kappa shape index (κ3) is 2.75. The first-order valence-electron chi connectivity index (χ1n) is 9.37. The highest BCUT2D eigenvalue weighted by Gasteiger charge is 2.48. The van der Waals surface area contributed by atoms with Gasteiger partial charge in [-0.2, -0.15) is 5.10 Å². The second-order valence-electron chi connectivity index (χ2n) is 7.55. The zero-order valence-electron chi connectivity index (χ0n) is 15.1. The largest absolute Gasteiger partial charge is 0.434 e. The van der Waals surface area contributed by atoms with Crippen molar-refractivity contribution in [3.8, 4) is 0 Å². The zero-order chi connectivity index (χ0) is 18.5. The number of benzene rings is 1. The summed E-state index contributed by atoms with van der Waals surface area (Å²) >= 11 is 0. The Bertz CT molecular complexity index is 1060. The summed E-state index contributed by atoms with van der Waals surface area (Å²) in [5.41, 5.74) is 2.12. The molecular weight excluding hydrogens is 346 g/mol. The molecule has 5 rings (SSSR count). The number of aromatic amines is 1. The Morgan fingerprint density at radius 3 is 3.00 bits per heavy atom. The molecule has 27 heavy (non-hydrogen) atoms. The molecule has 3 atom stereocenters. The first-order chi connectivity index (χ1) is 13.1. The standard InChI is InChI=1S/C19H21N5O3/c1-23-15-7-3-2-6-12(15)16(22-23)13-9-14(13)18(25)24-8-4-5-11(10-24)17-20-21-19(26)27-17/h2-3,6-7,11,13-14H,4-5,8-10H2,1H3,(H,21,26)/t11?,13-,14-/m1/s1. The van der Waals surface area contributed by atoms with Gasteiger partial charge in [0.25, 0.3) is 0 Å². The molecule has 2 aliphatic rings. The van der Waals surface area contributed by atoms with E-state index in [0.717, 1.165) is 42.4 Å². The minimum atomic E-state index is -0.544. The predicted molar refractivity (Wildman–Crippen MR) is 97.2 cm³/mol. The van der Waals surface area contributed by atoms with Gasteiger partial charge in [0.15, 0.2) is 0 Å². The van der Waals surface area contributed by atoms with Crippen LogP contribution in [0.4, 0.5) is 0 Å². The number of carbonyl (C=O) groups is 1. The maximum atomic E-state index is 13.0. The van der Waals surface area contributed by atoms with E-state index in [-0.39, 0.29) is 23.7 Å². The number of amides is 1. The molecule has 1 saturated heterocycles. The predicted octanol–water partition coefficient (Wildman–Crippen LogP) is 1.76. The van der Waals surface area contributed by atoms with Crippen molar-refractivity contribution in [3.63, 3.8) is 0 Å². The second-order valence-corrected chi connectivity index (χ2v) is 7.55. The number of nitrogens with one attached hydrogen (secondary N) is 1. The number of H-pyrrole nitrogens is 1. The molecule has 0 spiro atoms. The molecule has 0 bridgehead atoms. The average Bonchev–Trinajstić information content (AvgIpc) is 3.25. The maximum Gasteiger partial charge on any atom is 0.434 e. The number of aromatic nitrogens is 4. The van der Waals surface area contributed by atoms with Crippen LogP contribution in [0.15, 0.2) is 33.5 Å². The Morgan fingerprint density at radius 2 is 2.19 bits per heavy atom. The molecule has 1 unspecified atom stereocenters. The van der Waals surface area contributed by atoms with E-state index in [1.807, 2.05) is 28.8 Å². The second kappa shape index (κ2) is 6.07. The molecule has 140 valence electrons. The van der Waals surface area contributed by atoms with E-state index < -0.39 is 5.76 Å². The lowest BCUT2D eigenvalue weighted by Gasteiger charge is -2.31. The molecule has 3 aromatic rings. The molecular formula is C19H21N5O3. The van der Waals surface area contributed by atoms with Crippen molar-refractivity contribution in [3.05, 3.63) is 46.4 Å². The van der Waals surface area contributed by atoms with E-state index in [1.165, 1.54) is 0 Å². The van der Waals surface area contributed by atoms with Crippen molar-refractivity contribution < 1.29 is 9.21 Å². The van der Waals surface area contributed by atoms with Gasteiger partial charge in [0.1, 0.15) is 0 Å². The molecule has 8 heteroatoms. The van der Waals surface area contributed by atoms with Crippen molar-refractivity contribution in [1.29, 1.82) is 0 Å². The van der Waals surface area contributed by atoms with Crippen molar-refractivity contribution in [2.75, 3.05) is 13.1 Å². The number of piperidine rings is 1. The highest BCUT2D eigenvalue weighted by molar-refractivity contribution is 5.87. The quantitative estimate of drug-likeness (QED) is 0.761. The van der Waals surface area contributed by atoms with Gasteiger partial charge in [0.2, 0.25) is 11.8 Å². The average molecular weight is 367 g/mol. The van der Waals surface area contributed by atoms with E-state index in [4.69, 9.17) is 4.42 Å². The summed E-state index contributed by atoms with van der Waals surface area (Å²) in [7, 11) is 1.94. The molecule has 1 aromatic carbocycles. The van der Waals surface area contributed by atoms with Crippen LogP contribution >= 0.6 is 0 Å². The monoisotopic (exact) mass is 367 g/mol. The number of rotatable bonds is 3. The van der Waals surface area contributed by atoms with E-state index in [0.29, 0.717) is 12.4 Å². The lowest BCUT2D eigenvalue weighted by atomic mass is 9.97. The van der Waals surface area contributed by atoms with E-state index >= 15 is 0 Å². The third-order valence-electron chi connectivity index (χ3n) is 5.78. The fourth-order valence-corrected chi connectivity index (χ4v) is 4.32. The van der Waals surface area contributed by atoms with Gasteiger partial charge in [-0.15, -0.1) is 5.10 Å². The van der Waals surface area contributed by atoms with Crippen molar-refractivity contribution in [2.45, 2.75) is 31.1 Å². The summed E-state index contributed by atoms with van der Waals surface area (Å²) < 4.78 is 6.99. The van der Waals surface area contributed by atoms with E-state index in [1.54, 1.807) is 0 Å². The van der Waals surface area contributed by atoms with E-state index in [2.05, 4.69) is 27.4 Å². The summed E-state index contributed by atoms with van der Waals surface area (Å²) in [6.45, 7) is 1.30. The summed E-state index contributed by atoms with van der Waals surface area (Å²) in [5, 5.41) is 12.1. The van der Waals surface area contributed by atoms with Gasteiger partial charge in [0, 0.05) is 37.4 Å². The third-order valence-corrected chi connectivity index (χ3v) is 5.78. The molecule has 1 amide bonds. The van der Waals surface area contributed by atoms with Crippen LogP contribution in [0.2, 0.25) is 0 Å². The number of hydrogen-bond donors (Lipinski definition) is 1. The molecule has 0 radical (unpaired) electrons. The molecule has 1 aliphatic heterocycles. The number of fused-ring (bicyclic) bond motifs is 1. The fourth-order valence-electron chi connectivity index (χ4n) is 4.32. The minimum absolute atomic E-state index is 0.00625. The van der Waals surface area contributed by atoms with Crippen LogP contribution < -0.4 is 5.76 Å². The molecule has 2 fully saturated rings. The number of hydrogen-bond acceptors (Lipinski definition) is 5. The highest BCUT2D eigenvalue weighted by Crippen LogP contribution is 2.50. The molecule has 1 saturated carbocycles. The van der Waals surface area contributed by atoms with Gasteiger partial charge in [0.05, 0.1) is 17.1 Å². The Morgan fingerprint density at radius 1 is 1.33 bits per heavy atom. The first kappa shape index (κ1) is 16.3. The number of para-hydroxylation sites is 1. The van der Waals surface area contributed by atoms with Crippen LogP contribution in [0, 0.1) is 5.92 Å². The highest BCUT2D eigenvalue weighted by atomic mass is 16.4. The Hall–Kier alpha value is -2.90.